The van der Waals surface area contributed by atoms with Crippen LogP contribution in [0.3, 0.4) is 0 Å². The van der Waals surface area contributed by atoms with E-state index in [2.05, 4.69) is 9.98 Å². The van der Waals surface area contributed by atoms with Crippen molar-refractivity contribution in [3.8, 4) is 17.2 Å². The van der Waals surface area contributed by atoms with Gasteiger partial charge < -0.3 is 14.2 Å². The molecular formula is C25H22N2O3. The number of benzene rings is 3. The van der Waals surface area contributed by atoms with Gasteiger partial charge in [-0.3, -0.25) is 0 Å². The van der Waals surface area contributed by atoms with Crippen molar-refractivity contribution in [3.05, 3.63) is 102 Å². The van der Waals surface area contributed by atoms with Gasteiger partial charge in [-0.2, -0.15) is 9.98 Å². The maximum absolute atomic E-state index is 6.02. The third-order valence-corrected chi connectivity index (χ3v) is 4.34. The Hall–Kier alpha value is -3.86. The Morgan fingerprint density at radius 1 is 0.667 bits per heavy atom. The lowest BCUT2D eigenvalue weighted by atomic mass is 10.2. The van der Waals surface area contributed by atoms with Gasteiger partial charge in [0.1, 0.15) is 17.2 Å². The first kappa shape index (κ1) is 19.5. The van der Waals surface area contributed by atoms with E-state index in [0.717, 1.165) is 11.3 Å². The van der Waals surface area contributed by atoms with Crippen LogP contribution in [0.1, 0.15) is 18.4 Å². The van der Waals surface area contributed by atoms with Gasteiger partial charge >= 0.3 is 6.02 Å². The number of rotatable bonds is 4. The third kappa shape index (κ3) is 5.35. The van der Waals surface area contributed by atoms with Crippen LogP contribution in [-0.4, -0.2) is 11.9 Å². The summed E-state index contributed by atoms with van der Waals surface area (Å²) in [6, 6.07) is 27.0. The van der Waals surface area contributed by atoms with Gasteiger partial charge in [0.2, 0.25) is 5.88 Å². The second-order valence-electron chi connectivity index (χ2n) is 6.68. The summed E-state index contributed by atoms with van der Waals surface area (Å²) in [7, 11) is 0. The molecule has 0 bridgehead atoms. The zero-order chi connectivity index (χ0) is 20.6. The van der Waals surface area contributed by atoms with E-state index >= 15 is 0 Å². The van der Waals surface area contributed by atoms with E-state index in [1.807, 2.05) is 97.9 Å². The van der Waals surface area contributed by atoms with E-state index in [1.54, 1.807) is 0 Å². The van der Waals surface area contributed by atoms with Crippen molar-refractivity contribution in [1.82, 2.24) is 0 Å². The Bertz CT molecular complexity index is 1070. The summed E-state index contributed by atoms with van der Waals surface area (Å²) in [6.07, 6.45) is 3.18. The fourth-order valence-electron chi connectivity index (χ4n) is 2.83. The maximum atomic E-state index is 6.02. The monoisotopic (exact) mass is 398 g/mol. The zero-order valence-electron chi connectivity index (χ0n) is 16.7. The van der Waals surface area contributed by atoms with Crippen LogP contribution in [-0.2, 0) is 0 Å². The van der Waals surface area contributed by atoms with Gasteiger partial charge in [0, 0.05) is 6.42 Å². The van der Waals surface area contributed by atoms with E-state index in [0.29, 0.717) is 36.1 Å². The molecule has 0 spiro atoms. The topological polar surface area (TPSA) is 52.4 Å². The van der Waals surface area contributed by atoms with Crippen molar-refractivity contribution >= 4 is 11.9 Å². The van der Waals surface area contributed by atoms with Gasteiger partial charge in [0.25, 0.3) is 0 Å². The Kier molecular flexibility index (Phi) is 6.20. The molecular weight excluding hydrogens is 376 g/mol. The van der Waals surface area contributed by atoms with Gasteiger partial charge in [0.05, 0.1) is 0 Å². The first-order valence-corrected chi connectivity index (χ1v) is 9.82. The Morgan fingerprint density at radius 3 is 2.00 bits per heavy atom. The van der Waals surface area contributed by atoms with Crippen molar-refractivity contribution in [1.29, 1.82) is 0 Å². The average Bonchev–Trinajstić information content (AvgIpc) is 2.75. The van der Waals surface area contributed by atoms with Crippen molar-refractivity contribution in [2.45, 2.75) is 19.8 Å². The number of aliphatic imine (C=N–C) groups is 2. The molecule has 0 atom stereocenters. The van der Waals surface area contributed by atoms with Crippen LogP contribution in [0.5, 0.6) is 17.2 Å². The van der Waals surface area contributed by atoms with Crippen LogP contribution >= 0.6 is 0 Å². The van der Waals surface area contributed by atoms with Crippen molar-refractivity contribution in [3.63, 3.8) is 0 Å². The number of ether oxygens (including phenoxy) is 3. The highest BCUT2D eigenvalue weighted by atomic mass is 16.5. The lowest BCUT2D eigenvalue weighted by Gasteiger charge is -2.14. The van der Waals surface area contributed by atoms with Crippen LogP contribution in [0.4, 0.5) is 0 Å². The minimum atomic E-state index is 0.164. The van der Waals surface area contributed by atoms with Gasteiger partial charge in [-0.05, 0) is 55.3 Å². The SMILES string of the molecule is Cc1ccccc1OC1=NC(Oc2ccccc2)=CCCC(Oc2ccccc2)=N1. The maximum Gasteiger partial charge on any atom is 0.328 e. The van der Waals surface area contributed by atoms with Crippen LogP contribution in [0, 0.1) is 6.92 Å². The second kappa shape index (κ2) is 9.56. The lowest BCUT2D eigenvalue weighted by molar-refractivity contribution is 0.410. The van der Waals surface area contributed by atoms with Gasteiger partial charge in [-0.15, -0.1) is 0 Å². The van der Waals surface area contributed by atoms with Crippen LogP contribution < -0.4 is 14.2 Å². The molecule has 0 saturated carbocycles. The smallest absolute Gasteiger partial charge is 0.328 e. The van der Waals surface area contributed by atoms with Gasteiger partial charge in [0.15, 0.2) is 5.90 Å². The average molecular weight is 398 g/mol. The highest BCUT2D eigenvalue weighted by Crippen LogP contribution is 2.21. The van der Waals surface area contributed by atoms with Crippen molar-refractivity contribution < 1.29 is 14.2 Å². The Labute approximate surface area is 176 Å². The second-order valence-corrected chi connectivity index (χ2v) is 6.68. The molecule has 0 radical (unpaired) electrons. The fraction of sp³-hybridized carbons (Fsp3) is 0.120. The van der Waals surface area contributed by atoms with Crippen LogP contribution in [0.2, 0.25) is 0 Å². The highest BCUT2D eigenvalue weighted by Gasteiger charge is 2.14. The first-order valence-electron chi connectivity index (χ1n) is 9.82. The molecule has 0 unspecified atom stereocenters. The number of amidine groups is 1. The Balaban J connectivity index is 1.63. The van der Waals surface area contributed by atoms with E-state index in [-0.39, 0.29) is 6.02 Å². The Morgan fingerprint density at radius 2 is 1.30 bits per heavy atom. The normalized spacial score (nSPS) is 13.8. The van der Waals surface area contributed by atoms with E-state index in [1.165, 1.54) is 0 Å². The number of allylic oxidation sites excluding steroid dienone is 1. The van der Waals surface area contributed by atoms with Gasteiger partial charge in [-0.25, -0.2) is 0 Å². The van der Waals surface area contributed by atoms with Crippen LogP contribution in [0.25, 0.3) is 0 Å². The standard InChI is InChI=1S/C25H22N2O3/c1-19-11-8-9-16-22(19)30-25-26-23(28-20-12-4-2-5-13-20)17-10-18-24(27-25)29-21-14-6-3-7-15-21/h2-9,11-17H,10,18H2,1H3. The van der Waals surface area contributed by atoms with E-state index in [4.69, 9.17) is 14.2 Å². The highest BCUT2D eigenvalue weighted by molar-refractivity contribution is 5.93. The molecule has 30 heavy (non-hydrogen) atoms. The van der Waals surface area contributed by atoms with E-state index in [9.17, 15) is 0 Å². The number of nitrogens with zero attached hydrogens (tertiary/aromatic N) is 2. The van der Waals surface area contributed by atoms with E-state index < -0.39 is 0 Å². The molecule has 0 N–H and O–H groups in total. The number of hydrogen-bond donors (Lipinski definition) is 0. The summed E-state index contributed by atoms with van der Waals surface area (Å²) >= 11 is 0. The predicted molar refractivity (Wildman–Crippen MR) is 118 cm³/mol. The third-order valence-electron chi connectivity index (χ3n) is 4.34. The molecule has 3 aromatic carbocycles. The largest absolute Gasteiger partial charge is 0.443 e. The minimum absolute atomic E-state index is 0.164. The molecule has 5 heteroatoms. The number of hydrogen-bond acceptors (Lipinski definition) is 5. The first-order chi connectivity index (χ1) is 14.8. The summed E-state index contributed by atoms with van der Waals surface area (Å²) < 4.78 is 17.9. The molecule has 5 nitrogen and oxygen atoms in total. The van der Waals surface area contributed by atoms with Crippen LogP contribution in [0.15, 0.2) is 107 Å². The summed E-state index contributed by atoms with van der Waals surface area (Å²) in [4.78, 5) is 9.09. The number of para-hydroxylation sites is 3. The molecule has 0 saturated heterocycles. The molecule has 0 aliphatic carbocycles. The summed E-state index contributed by atoms with van der Waals surface area (Å²) in [5.41, 5.74) is 0.984. The molecule has 1 aliphatic rings. The summed E-state index contributed by atoms with van der Waals surface area (Å²) in [5, 5.41) is 0. The lowest BCUT2D eigenvalue weighted by Crippen LogP contribution is -2.17. The quantitative estimate of drug-likeness (QED) is 0.548. The minimum Gasteiger partial charge on any atom is -0.443 e. The molecule has 1 aliphatic heterocycles. The number of aryl methyl sites for hydroxylation is 1. The molecule has 4 rings (SSSR count). The van der Waals surface area contributed by atoms with Crippen molar-refractivity contribution in [2.24, 2.45) is 9.98 Å². The predicted octanol–water partition coefficient (Wildman–Crippen LogP) is 5.92. The van der Waals surface area contributed by atoms with Gasteiger partial charge in [-0.1, -0.05) is 54.6 Å². The molecule has 150 valence electrons. The molecule has 0 aromatic heterocycles. The molecule has 0 amide bonds. The molecule has 1 heterocycles. The summed E-state index contributed by atoms with van der Waals surface area (Å²) in [5.74, 6) is 3.07. The fourth-order valence-corrected chi connectivity index (χ4v) is 2.83. The zero-order valence-corrected chi connectivity index (χ0v) is 16.7. The molecule has 3 aromatic rings. The van der Waals surface area contributed by atoms with Crippen molar-refractivity contribution in [2.75, 3.05) is 0 Å². The molecule has 0 fully saturated rings. The summed E-state index contributed by atoms with van der Waals surface area (Å²) in [6.45, 7) is 1.97.